The lowest BCUT2D eigenvalue weighted by Gasteiger charge is -2.14. The van der Waals surface area contributed by atoms with Gasteiger partial charge < -0.3 is 14.3 Å². The van der Waals surface area contributed by atoms with Crippen molar-refractivity contribution >= 4 is 15.6 Å². The first-order valence-corrected chi connectivity index (χ1v) is 6.68. The Bertz CT molecular complexity index is 416. The lowest BCUT2D eigenvalue weighted by atomic mass is 10.1. The van der Waals surface area contributed by atoms with Crippen LogP contribution >= 0.6 is 0 Å². The molecule has 97 valence electrons. The fraction of sp³-hybridized carbons (Fsp3) is 0.500. The van der Waals surface area contributed by atoms with Crippen molar-refractivity contribution in [2.24, 2.45) is 0 Å². The number of benzene rings is 1. The highest BCUT2D eigenvalue weighted by Crippen LogP contribution is 2.33. The largest absolute Gasteiger partial charge is 0.493 e. The molecule has 0 aliphatic rings. The Morgan fingerprint density at radius 3 is 2.61 bits per heavy atom. The van der Waals surface area contributed by atoms with Gasteiger partial charge in [0.05, 0.1) is 13.7 Å². The summed E-state index contributed by atoms with van der Waals surface area (Å²) in [7, 11) is 4.60. The van der Waals surface area contributed by atoms with E-state index >= 15 is 0 Å². The van der Waals surface area contributed by atoms with E-state index in [0.29, 0.717) is 23.7 Å². The van der Waals surface area contributed by atoms with Crippen LogP contribution in [0, 0.1) is 6.92 Å². The average Bonchev–Trinajstić information content (AvgIpc) is 2.34. The lowest BCUT2D eigenvalue weighted by molar-refractivity contribution is 0.107. The molecule has 0 atom stereocenters. The Kier molecular flexibility index (Phi) is 5.91. The van der Waals surface area contributed by atoms with Crippen molar-refractivity contribution in [1.29, 1.82) is 0 Å². The first-order valence-electron chi connectivity index (χ1n) is 6.18. The molecule has 18 heavy (non-hydrogen) atoms. The van der Waals surface area contributed by atoms with Gasteiger partial charge in [0.2, 0.25) is 0 Å². The SMILES string of the molecule is CCCCCOc1ccc(C(=O)[Si])c(C)c1OC. The third-order valence-electron chi connectivity index (χ3n) is 2.82. The second-order valence-corrected chi connectivity index (χ2v) is 4.61. The van der Waals surface area contributed by atoms with Gasteiger partial charge in [0.25, 0.3) is 0 Å². The van der Waals surface area contributed by atoms with Crippen LogP contribution in [0.2, 0.25) is 0 Å². The van der Waals surface area contributed by atoms with E-state index in [1.807, 2.05) is 6.92 Å². The third kappa shape index (κ3) is 3.60. The molecule has 0 aromatic heterocycles. The van der Waals surface area contributed by atoms with Gasteiger partial charge in [-0.05, 0) is 25.5 Å². The molecule has 4 heteroatoms. The van der Waals surface area contributed by atoms with Gasteiger partial charge in [-0.1, -0.05) is 19.8 Å². The summed E-state index contributed by atoms with van der Waals surface area (Å²) in [6, 6.07) is 3.54. The Morgan fingerprint density at radius 2 is 2.06 bits per heavy atom. The van der Waals surface area contributed by atoms with E-state index in [1.165, 1.54) is 0 Å². The molecule has 0 fully saturated rings. The molecular formula is C14H19O3Si. The van der Waals surface area contributed by atoms with Gasteiger partial charge in [-0.2, -0.15) is 0 Å². The maximum atomic E-state index is 11.4. The predicted molar refractivity (Wildman–Crippen MR) is 72.8 cm³/mol. The van der Waals surface area contributed by atoms with Crippen molar-refractivity contribution in [3.8, 4) is 11.5 Å². The van der Waals surface area contributed by atoms with E-state index in [0.717, 1.165) is 24.8 Å². The highest BCUT2D eigenvalue weighted by Gasteiger charge is 2.13. The Morgan fingerprint density at radius 1 is 1.33 bits per heavy atom. The number of hydrogen-bond acceptors (Lipinski definition) is 3. The first-order chi connectivity index (χ1) is 8.61. The fourth-order valence-electron chi connectivity index (χ4n) is 1.81. The normalized spacial score (nSPS) is 10.2. The van der Waals surface area contributed by atoms with Gasteiger partial charge in [0, 0.05) is 11.1 Å². The van der Waals surface area contributed by atoms with Crippen molar-refractivity contribution < 1.29 is 14.3 Å². The number of ether oxygens (including phenoxy) is 2. The highest BCUT2D eigenvalue weighted by molar-refractivity contribution is 6.62. The van der Waals surface area contributed by atoms with Crippen molar-refractivity contribution in [3.05, 3.63) is 23.3 Å². The number of rotatable bonds is 7. The van der Waals surface area contributed by atoms with Gasteiger partial charge in [-0.15, -0.1) is 0 Å². The molecule has 1 rings (SSSR count). The number of hydrogen-bond donors (Lipinski definition) is 0. The zero-order valence-corrected chi connectivity index (χ0v) is 12.2. The second kappa shape index (κ2) is 7.21. The van der Waals surface area contributed by atoms with E-state index in [1.54, 1.807) is 19.2 Å². The molecule has 1 aromatic carbocycles. The molecule has 0 unspecified atom stereocenters. The quantitative estimate of drug-likeness (QED) is 0.560. The van der Waals surface area contributed by atoms with Crippen LogP contribution in [0.25, 0.3) is 0 Å². The van der Waals surface area contributed by atoms with Gasteiger partial charge in [0.1, 0.15) is 15.6 Å². The van der Waals surface area contributed by atoms with Crippen LogP contribution in [0.15, 0.2) is 12.1 Å². The molecule has 0 bridgehead atoms. The average molecular weight is 263 g/mol. The van der Waals surface area contributed by atoms with Crippen molar-refractivity contribution in [2.45, 2.75) is 33.1 Å². The summed E-state index contributed by atoms with van der Waals surface area (Å²) < 4.78 is 11.0. The van der Waals surface area contributed by atoms with E-state index in [9.17, 15) is 4.79 Å². The molecule has 0 aliphatic heterocycles. The van der Waals surface area contributed by atoms with Crippen molar-refractivity contribution in [2.75, 3.05) is 13.7 Å². The molecule has 0 spiro atoms. The summed E-state index contributed by atoms with van der Waals surface area (Å²) in [6.07, 6.45) is 3.34. The topological polar surface area (TPSA) is 35.5 Å². The van der Waals surface area contributed by atoms with Crippen LogP contribution in [0.4, 0.5) is 0 Å². The van der Waals surface area contributed by atoms with Crippen LogP contribution in [-0.4, -0.2) is 29.4 Å². The first kappa shape index (κ1) is 14.8. The highest BCUT2D eigenvalue weighted by atomic mass is 28.1. The number of methoxy groups -OCH3 is 1. The molecule has 0 aliphatic carbocycles. The lowest BCUT2D eigenvalue weighted by Crippen LogP contribution is -2.05. The molecule has 0 saturated heterocycles. The summed E-state index contributed by atoms with van der Waals surface area (Å²) in [6.45, 7) is 4.68. The monoisotopic (exact) mass is 263 g/mol. The zero-order chi connectivity index (χ0) is 13.5. The maximum absolute atomic E-state index is 11.4. The minimum Gasteiger partial charge on any atom is -0.493 e. The minimum atomic E-state index is -0.150. The van der Waals surface area contributed by atoms with Gasteiger partial charge in [-0.3, -0.25) is 0 Å². The zero-order valence-electron chi connectivity index (χ0n) is 11.2. The summed E-state index contributed by atoms with van der Waals surface area (Å²) in [5.74, 6) is 1.33. The van der Waals surface area contributed by atoms with Gasteiger partial charge >= 0.3 is 0 Å². The summed E-state index contributed by atoms with van der Waals surface area (Å²) >= 11 is 0. The van der Waals surface area contributed by atoms with Crippen molar-refractivity contribution in [3.63, 3.8) is 0 Å². The number of carbonyl (C=O) groups is 1. The maximum Gasteiger partial charge on any atom is 0.164 e. The van der Waals surface area contributed by atoms with Crippen LogP contribution in [0.1, 0.15) is 42.1 Å². The number of unbranched alkanes of at least 4 members (excludes halogenated alkanes) is 2. The van der Waals surface area contributed by atoms with Crippen LogP contribution in [0.3, 0.4) is 0 Å². The summed E-state index contributed by atoms with van der Waals surface area (Å²) in [4.78, 5) is 11.4. The standard InChI is InChI=1S/C14H19O3Si/c1-4-5-6-9-17-12-8-7-11(14(15)18)10(2)13(12)16-3/h7-8H,4-6,9H2,1-3H3. The smallest absolute Gasteiger partial charge is 0.164 e. The molecule has 0 amide bonds. The molecule has 3 nitrogen and oxygen atoms in total. The fourth-order valence-corrected chi connectivity index (χ4v) is 2.09. The predicted octanol–water partition coefficient (Wildman–Crippen LogP) is 2.88. The van der Waals surface area contributed by atoms with Crippen molar-refractivity contribution in [1.82, 2.24) is 0 Å². The Hall–Kier alpha value is -1.29. The minimum absolute atomic E-state index is 0.150. The second-order valence-electron chi connectivity index (χ2n) is 4.15. The van der Waals surface area contributed by atoms with Crippen LogP contribution in [-0.2, 0) is 0 Å². The molecule has 3 radical (unpaired) electrons. The number of carbonyl (C=O) groups excluding carboxylic acids is 1. The summed E-state index contributed by atoms with van der Waals surface area (Å²) in [5, 5.41) is -0.150. The van der Waals surface area contributed by atoms with Crippen LogP contribution in [0.5, 0.6) is 11.5 Å². The Labute approximate surface area is 112 Å². The molecular weight excluding hydrogens is 244 g/mol. The third-order valence-corrected chi connectivity index (χ3v) is 3.09. The van der Waals surface area contributed by atoms with Gasteiger partial charge in [-0.25, -0.2) is 0 Å². The van der Waals surface area contributed by atoms with E-state index in [-0.39, 0.29) is 5.41 Å². The van der Waals surface area contributed by atoms with E-state index in [2.05, 4.69) is 17.2 Å². The van der Waals surface area contributed by atoms with Crippen LogP contribution < -0.4 is 9.47 Å². The molecule has 0 heterocycles. The summed E-state index contributed by atoms with van der Waals surface area (Å²) in [5.41, 5.74) is 1.40. The molecule has 0 saturated carbocycles. The molecule has 1 aromatic rings. The molecule has 0 N–H and O–H groups in total. The van der Waals surface area contributed by atoms with E-state index in [4.69, 9.17) is 9.47 Å². The van der Waals surface area contributed by atoms with E-state index < -0.39 is 0 Å². The van der Waals surface area contributed by atoms with Gasteiger partial charge in [0.15, 0.2) is 11.5 Å². The Balaban J connectivity index is 2.86.